The Balaban J connectivity index is 2.21. The Kier molecular flexibility index (Phi) is 3.87. The van der Waals surface area contributed by atoms with Crippen LogP contribution in [0.25, 0.3) is 0 Å². The monoisotopic (exact) mass is 256 g/mol. The maximum atomic E-state index is 12.1. The molecule has 96 valence electrons. The standard InChI is InChI=1S/C14H12N2O3/c1-10(17)19-13-5-3-2-4-12(13)14(18)16-11-6-8-15-9-7-11/h2-9H,1H3,(H,15,16,18). The molecule has 0 aliphatic heterocycles. The third kappa shape index (κ3) is 3.38. The van der Waals surface area contributed by atoms with E-state index in [2.05, 4.69) is 10.3 Å². The van der Waals surface area contributed by atoms with Gasteiger partial charge in [0.2, 0.25) is 0 Å². The van der Waals surface area contributed by atoms with Gasteiger partial charge >= 0.3 is 5.97 Å². The van der Waals surface area contributed by atoms with E-state index in [0.29, 0.717) is 11.3 Å². The highest BCUT2D eigenvalue weighted by molar-refractivity contribution is 6.06. The third-order valence-corrected chi connectivity index (χ3v) is 2.32. The summed E-state index contributed by atoms with van der Waals surface area (Å²) in [6, 6.07) is 9.91. The number of nitrogens with zero attached hydrogens (tertiary/aromatic N) is 1. The molecule has 1 N–H and O–H groups in total. The van der Waals surface area contributed by atoms with Crippen molar-refractivity contribution in [2.24, 2.45) is 0 Å². The predicted molar refractivity (Wildman–Crippen MR) is 69.9 cm³/mol. The number of rotatable bonds is 3. The van der Waals surface area contributed by atoms with E-state index < -0.39 is 5.97 Å². The molecule has 1 amide bonds. The zero-order valence-electron chi connectivity index (χ0n) is 10.3. The van der Waals surface area contributed by atoms with Crippen LogP contribution in [0.15, 0.2) is 48.8 Å². The van der Waals surface area contributed by atoms with Crippen molar-refractivity contribution < 1.29 is 14.3 Å². The predicted octanol–water partition coefficient (Wildman–Crippen LogP) is 2.26. The lowest BCUT2D eigenvalue weighted by Gasteiger charge is -2.09. The Labute approximate surface area is 110 Å². The number of ether oxygens (including phenoxy) is 1. The van der Waals surface area contributed by atoms with Crippen molar-refractivity contribution in [3.63, 3.8) is 0 Å². The topological polar surface area (TPSA) is 68.3 Å². The molecule has 2 aromatic rings. The summed E-state index contributed by atoms with van der Waals surface area (Å²) in [6.45, 7) is 1.29. The first kappa shape index (κ1) is 12.8. The quantitative estimate of drug-likeness (QED) is 0.675. The van der Waals surface area contributed by atoms with Gasteiger partial charge in [0.05, 0.1) is 5.56 Å². The van der Waals surface area contributed by atoms with Gasteiger partial charge in [-0.05, 0) is 24.3 Å². The largest absolute Gasteiger partial charge is 0.426 e. The zero-order chi connectivity index (χ0) is 13.7. The number of benzene rings is 1. The summed E-state index contributed by atoms with van der Waals surface area (Å²) in [6.07, 6.45) is 3.15. The lowest BCUT2D eigenvalue weighted by atomic mass is 10.2. The molecule has 0 radical (unpaired) electrons. The van der Waals surface area contributed by atoms with Crippen LogP contribution in [-0.2, 0) is 4.79 Å². The number of esters is 1. The molecular weight excluding hydrogens is 244 g/mol. The number of para-hydroxylation sites is 1. The summed E-state index contributed by atoms with van der Waals surface area (Å²) in [5, 5.41) is 2.70. The smallest absolute Gasteiger partial charge is 0.308 e. The van der Waals surface area contributed by atoms with Gasteiger partial charge in [-0.25, -0.2) is 0 Å². The van der Waals surface area contributed by atoms with E-state index in [1.165, 1.54) is 6.92 Å². The fraction of sp³-hybridized carbons (Fsp3) is 0.0714. The number of carbonyl (C=O) groups excluding carboxylic acids is 2. The van der Waals surface area contributed by atoms with Gasteiger partial charge in [-0.3, -0.25) is 14.6 Å². The number of hydrogen-bond acceptors (Lipinski definition) is 4. The van der Waals surface area contributed by atoms with Crippen LogP contribution in [0.5, 0.6) is 5.75 Å². The molecule has 2 rings (SSSR count). The Hall–Kier alpha value is -2.69. The Morgan fingerprint density at radius 2 is 1.79 bits per heavy atom. The Morgan fingerprint density at radius 3 is 2.47 bits per heavy atom. The first-order valence-electron chi connectivity index (χ1n) is 5.65. The number of anilines is 1. The average Bonchev–Trinajstić information content (AvgIpc) is 2.39. The normalized spacial score (nSPS) is 9.74. The minimum Gasteiger partial charge on any atom is -0.426 e. The highest BCUT2D eigenvalue weighted by atomic mass is 16.5. The average molecular weight is 256 g/mol. The van der Waals surface area contributed by atoms with E-state index in [1.807, 2.05) is 0 Å². The summed E-state index contributed by atoms with van der Waals surface area (Å²) < 4.78 is 4.99. The molecule has 0 saturated carbocycles. The fourth-order valence-electron chi connectivity index (χ4n) is 1.53. The van der Waals surface area contributed by atoms with Gasteiger partial charge in [0.15, 0.2) is 0 Å². The zero-order valence-corrected chi connectivity index (χ0v) is 10.3. The van der Waals surface area contributed by atoms with Crippen molar-refractivity contribution in [2.75, 3.05) is 5.32 Å². The second-order valence-corrected chi connectivity index (χ2v) is 3.78. The van der Waals surface area contributed by atoms with Crippen LogP contribution < -0.4 is 10.1 Å². The molecule has 0 bridgehead atoms. The van der Waals surface area contributed by atoms with Crippen molar-refractivity contribution >= 4 is 17.6 Å². The highest BCUT2D eigenvalue weighted by Gasteiger charge is 2.13. The second-order valence-electron chi connectivity index (χ2n) is 3.78. The van der Waals surface area contributed by atoms with Crippen LogP contribution in [0.3, 0.4) is 0 Å². The Morgan fingerprint density at radius 1 is 1.11 bits per heavy atom. The van der Waals surface area contributed by atoms with Crippen LogP contribution in [0, 0.1) is 0 Å². The summed E-state index contributed by atoms with van der Waals surface area (Å²) in [5.41, 5.74) is 0.923. The van der Waals surface area contributed by atoms with E-state index in [4.69, 9.17) is 4.74 Å². The molecule has 0 atom stereocenters. The molecule has 1 aromatic carbocycles. The molecule has 1 heterocycles. The van der Waals surface area contributed by atoms with Crippen LogP contribution >= 0.6 is 0 Å². The minimum atomic E-state index is -0.468. The van der Waals surface area contributed by atoms with Gasteiger partial charge in [0.25, 0.3) is 5.91 Å². The molecule has 0 aliphatic rings. The number of amides is 1. The molecule has 0 fully saturated rings. The summed E-state index contributed by atoms with van der Waals surface area (Å²) in [5.74, 6) is -0.575. The van der Waals surface area contributed by atoms with E-state index in [1.54, 1.807) is 48.8 Å². The number of aromatic nitrogens is 1. The maximum absolute atomic E-state index is 12.1. The molecule has 0 spiro atoms. The van der Waals surface area contributed by atoms with E-state index in [9.17, 15) is 9.59 Å². The highest BCUT2D eigenvalue weighted by Crippen LogP contribution is 2.19. The van der Waals surface area contributed by atoms with Gasteiger partial charge in [-0.2, -0.15) is 0 Å². The van der Waals surface area contributed by atoms with E-state index >= 15 is 0 Å². The molecular formula is C14H12N2O3. The van der Waals surface area contributed by atoms with Crippen molar-refractivity contribution in [1.82, 2.24) is 4.98 Å². The van der Waals surface area contributed by atoms with Crippen LogP contribution in [0.4, 0.5) is 5.69 Å². The molecule has 5 nitrogen and oxygen atoms in total. The third-order valence-electron chi connectivity index (χ3n) is 2.32. The van der Waals surface area contributed by atoms with Crippen molar-refractivity contribution in [3.8, 4) is 5.75 Å². The summed E-state index contributed by atoms with van der Waals surface area (Å²) >= 11 is 0. The van der Waals surface area contributed by atoms with E-state index in [-0.39, 0.29) is 11.7 Å². The van der Waals surface area contributed by atoms with Gasteiger partial charge in [0.1, 0.15) is 5.75 Å². The fourth-order valence-corrected chi connectivity index (χ4v) is 1.53. The summed E-state index contributed by atoms with van der Waals surface area (Å²) in [7, 11) is 0. The molecule has 0 unspecified atom stereocenters. The molecule has 1 aromatic heterocycles. The minimum absolute atomic E-state index is 0.238. The number of pyridine rings is 1. The first-order valence-corrected chi connectivity index (χ1v) is 5.65. The number of carbonyl (C=O) groups is 2. The number of hydrogen-bond donors (Lipinski definition) is 1. The van der Waals surface area contributed by atoms with E-state index in [0.717, 1.165) is 0 Å². The van der Waals surface area contributed by atoms with Crippen molar-refractivity contribution in [3.05, 3.63) is 54.4 Å². The molecule has 0 saturated heterocycles. The van der Waals surface area contributed by atoms with Crippen LogP contribution in [-0.4, -0.2) is 16.9 Å². The van der Waals surface area contributed by atoms with Gasteiger partial charge in [0, 0.05) is 25.0 Å². The lowest BCUT2D eigenvalue weighted by Crippen LogP contribution is -2.14. The molecule has 5 heteroatoms. The summed E-state index contributed by atoms with van der Waals surface area (Å²) in [4.78, 5) is 26.9. The molecule has 0 aliphatic carbocycles. The van der Waals surface area contributed by atoms with Gasteiger partial charge < -0.3 is 10.1 Å². The second kappa shape index (κ2) is 5.77. The van der Waals surface area contributed by atoms with Crippen molar-refractivity contribution in [1.29, 1.82) is 0 Å². The van der Waals surface area contributed by atoms with Crippen LogP contribution in [0.2, 0.25) is 0 Å². The first-order chi connectivity index (χ1) is 9.16. The Bertz CT molecular complexity index is 597. The van der Waals surface area contributed by atoms with Crippen molar-refractivity contribution in [2.45, 2.75) is 6.92 Å². The lowest BCUT2D eigenvalue weighted by molar-refractivity contribution is -0.131. The number of nitrogens with one attached hydrogen (secondary N) is 1. The SMILES string of the molecule is CC(=O)Oc1ccccc1C(=O)Nc1ccncc1. The molecule has 19 heavy (non-hydrogen) atoms. The van der Waals surface area contributed by atoms with Crippen LogP contribution in [0.1, 0.15) is 17.3 Å². The van der Waals surface area contributed by atoms with Gasteiger partial charge in [-0.1, -0.05) is 12.1 Å². The van der Waals surface area contributed by atoms with Gasteiger partial charge in [-0.15, -0.1) is 0 Å². The maximum Gasteiger partial charge on any atom is 0.308 e.